The van der Waals surface area contributed by atoms with Crippen LogP contribution in [-0.4, -0.2) is 30.0 Å². The van der Waals surface area contributed by atoms with Gasteiger partial charge in [-0.05, 0) is 32.9 Å². The number of hydrogen-bond acceptors (Lipinski definition) is 4. The van der Waals surface area contributed by atoms with Gasteiger partial charge in [-0.3, -0.25) is 4.79 Å². The van der Waals surface area contributed by atoms with E-state index in [0.717, 1.165) is 12.1 Å². The molecule has 118 valence electrons. The van der Waals surface area contributed by atoms with Crippen LogP contribution in [0.25, 0.3) is 0 Å². The summed E-state index contributed by atoms with van der Waals surface area (Å²) in [5.74, 6) is -0.458. The molecule has 1 amide bonds. The Morgan fingerprint density at radius 2 is 2.05 bits per heavy atom. The Kier molecular flexibility index (Phi) is 5.40. The van der Waals surface area contributed by atoms with Gasteiger partial charge in [0, 0.05) is 12.6 Å². The largest absolute Gasteiger partial charge is 0.416 e. The van der Waals surface area contributed by atoms with E-state index >= 15 is 0 Å². The highest BCUT2D eigenvalue weighted by Crippen LogP contribution is 2.33. The Bertz CT molecular complexity index is 503. The van der Waals surface area contributed by atoms with Crippen molar-refractivity contribution in [2.75, 3.05) is 23.3 Å². The predicted octanol–water partition coefficient (Wildman–Crippen LogP) is 2.23. The van der Waals surface area contributed by atoms with E-state index in [-0.39, 0.29) is 24.2 Å². The van der Waals surface area contributed by atoms with Crippen LogP contribution in [0, 0.1) is 0 Å². The molecular formula is C13H19F3N4O. The van der Waals surface area contributed by atoms with Crippen LogP contribution >= 0.6 is 0 Å². The fraction of sp³-hybridized carbons (Fsp3) is 0.538. The SMILES string of the molecule is CCNc1cc(C(F)(F)F)cc(N(CC(N)=O)C(C)C)n1. The molecule has 0 bridgehead atoms. The lowest BCUT2D eigenvalue weighted by atomic mass is 10.2. The minimum absolute atomic E-state index is 0.0644. The first-order valence-corrected chi connectivity index (χ1v) is 6.53. The first kappa shape index (κ1) is 17.1. The standard InChI is InChI=1S/C13H19F3N4O/c1-4-18-11-5-9(13(14,15)16)6-12(19-11)20(8(2)3)7-10(17)21/h5-6,8H,4,7H2,1-3H3,(H2,17,21)(H,18,19). The van der Waals surface area contributed by atoms with Crippen LogP contribution in [0.4, 0.5) is 24.8 Å². The van der Waals surface area contributed by atoms with E-state index in [1.54, 1.807) is 20.8 Å². The van der Waals surface area contributed by atoms with Gasteiger partial charge in [0.15, 0.2) is 0 Å². The van der Waals surface area contributed by atoms with Crippen molar-refractivity contribution in [1.82, 2.24) is 4.98 Å². The molecule has 0 radical (unpaired) electrons. The number of anilines is 2. The van der Waals surface area contributed by atoms with E-state index in [1.807, 2.05) is 0 Å². The second-order valence-electron chi connectivity index (χ2n) is 4.82. The van der Waals surface area contributed by atoms with Gasteiger partial charge in [0.05, 0.1) is 12.1 Å². The molecule has 0 aliphatic carbocycles. The molecule has 0 saturated carbocycles. The lowest BCUT2D eigenvalue weighted by Gasteiger charge is -2.27. The van der Waals surface area contributed by atoms with Crippen molar-refractivity contribution in [3.05, 3.63) is 17.7 Å². The molecule has 5 nitrogen and oxygen atoms in total. The minimum atomic E-state index is -4.49. The van der Waals surface area contributed by atoms with Gasteiger partial charge in [-0.15, -0.1) is 0 Å². The average molecular weight is 304 g/mol. The van der Waals surface area contributed by atoms with Crippen molar-refractivity contribution in [3.8, 4) is 0 Å². The molecule has 3 N–H and O–H groups in total. The smallest absolute Gasteiger partial charge is 0.370 e. The molecule has 0 unspecified atom stereocenters. The first-order valence-electron chi connectivity index (χ1n) is 6.53. The van der Waals surface area contributed by atoms with Crippen molar-refractivity contribution < 1.29 is 18.0 Å². The fourth-order valence-electron chi connectivity index (χ4n) is 1.79. The predicted molar refractivity (Wildman–Crippen MR) is 75.1 cm³/mol. The normalized spacial score (nSPS) is 11.6. The van der Waals surface area contributed by atoms with Crippen molar-refractivity contribution in [2.24, 2.45) is 5.73 Å². The fourth-order valence-corrected chi connectivity index (χ4v) is 1.79. The van der Waals surface area contributed by atoms with E-state index in [1.165, 1.54) is 4.90 Å². The van der Waals surface area contributed by atoms with E-state index in [4.69, 9.17) is 5.73 Å². The van der Waals surface area contributed by atoms with Gasteiger partial charge in [0.1, 0.15) is 11.6 Å². The summed E-state index contributed by atoms with van der Waals surface area (Å²) < 4.78 is 38.8. The first-order chi connectivity index (χ1) is 9.65. The Labute approximate surface area is 121 Å². The molecule has 21 heavy (non-hydrogen) atoms. The molecular weight excluding hydrogens is 285 g/mol. The van der Waals surface area contributed by atoms with Crippen LogP contribution < -0.4 is 16.0 Å². The molecule has 0 fully saturated rings. The molecule has 0 aliphatic rings. The number of primary amides is 1. The molecule has 1 aromatic rings. The van der Waals surface area contributed by atoms with E-state index in [2.05, 4.69) is 10.3 Å². The van der Waals surface area contributed by atoms with Crippen LogP contribution in [0.1, 0.15) is 26.3 Å². The Morgan fingerprint density at radius 3 is 2.48 bits per heavy atom. The van der Waals surface area contributed by atoms with Gasteiger partial charge in [-0.2, -0.15) is 13.2 Å². The highest BCUT2D eigenvalue weighted by atomic mass is 19.4. The monoisotopic (exact) mass is 304 g/mol. The topological polar surface area (TPSA) is 71.2 Å². The number of pyridine rings is 1. The van der Waals surface area contributed by atoms with Crippen molar-refractivity contribution in [1.29, 1.82) is 0 Å². The Morgan fingerprint density at radius 1 is 1.43 bits per heavy atom. The molecule has 1 rings (SSSR count). The number of carbonyl (C=O) groups excluding carboxylic acids is 1. The van der Waals surface area contributed by atoms with Crippen LogP contribution in [0.2, 0.25) is 0 Å². The zero-order chi connectivity index (χ0) is 16.2. The zero-order valence-corrected chi connectivity index (χ0v) is 12.2. The van der Waals surface area contributed by atoms with E-state index < -0.39 is 17.6 Å². The summed E-state index contributed by atoms with van der Waals surface area (Å²) in [6.45, 7) is 5.49. The third-order valence-corrected chi connectivity index (χ3v) is 2.74. The summed E-state index contributed by atoms with van der Waals surface area (Å²) in [6.07, 6.45) is -4.49. The number of carbonyl (C=O) groups is 1. The summed E-state index contributed by atoms with van der Waals surface area (Å²) in [5.41, 5.74) is 4.32. The van der Waals surface area contributed by atoms with E-state index in [9.17, 15) is 18.0 Å². The van der Waals surface area contributed by atoms with Crippen LogP contribution in [-0.2, 0) is 11.0 Å². The van der Waals surface area contributed by atoms with Crippen molar-refractivity contribution in [2.45, 2.75) is 33.0 Å². The third kappa shape index (κ3) is 4.80. The number of rotatable bonds is 6. The number of halogens is 3. The van der Waals surface area contributed by atoms with E-state index in [0.29, 0.717) is 6.54 Å². The highest BCUT2D eigenvalue weighted by Gasteiger charge is 2.32. The van der Waals surface area contributed by atoms with Crippen molar-refractivity contribution in [3.63, 3.8) is 0 Å². The lowest BCUT2D eigenvalue weighted by Crippen LogP contribution is -2.39. The van der Waals surface area contributed by atoms with Gasteiger partial charge in [0.25, 0.3) is 0 Å². The maximum Gasteiger partial charge on any atom is 0.416 e. The number of alkyl halides is 3. The second-order valence-corrected chi connectivity index (χ2v) is 4.82. The van der Waals surface area contributed by atoms with Gasteiger partial charge in [-0.25, -0.2) is 4.98 Å². The molecule has 8 heteroatoms. The van der Waals surface area contributed by atoms with Gasteiger partial charge < -0.3 is 16.0 Å². The molecule has 0 atom stereocenters. The maximum atomic E-state index is 12.9. The highest BCUT2D eigenvalue weighted by molar-refractivity contribution is 5.79. The Balaban J connectivity index is 3.31. The number of nitrogens with one attached hydrogen (secondary N) is 1. The number of amides is 1. The molecule has 0 aromatic carbocycles. The molecule has 0 saturated heterocycles. The second kappa shape index (κ2) is 6.64. The quantitative estimate of drug-likeness (QED) is 0.845. The zero-order valence-electron chi connectivity index (χ0n) is 12.2. The number of nitrogens with two attached hydrogens (primary N) is 1. The lowest BCUT2D eigenvalue weighted by molar-refractivity contribution is -0.137. The van der Waals surface area contributed by atoms with Gasteiger partial charge in [0.2, 0.25) is 5.91 Å². The van der Waals surface area contributed by atoms with Crippen LogP contribution in [0.15, 0.2) is 12.1 Å². The summed E-state index contributed by atoms with van der Waals surface area (Å²) in [4.78, 5) is 16.6. The van der Waals surface area contributed by atoms with Gasteiger partial charge >= 0.3 is 6.18 Å². The molecule has 1 aromatic heterocycles. The summed E-state index contributed by atoms with van der Waals surface area (Å²) in [7, 11) is 0. The number of nitrogens with zero attached hydrogens (tertiary/aromatic N) is 2. The average Bonchev–Trinajstić information content (AvgIpc) is 2.34. The minimum Gasteiger partial charge on any atom is -0.370 e. The summed E-state index contributed by atoms with van der Waals surface area (Å²) in [5, 5.41) is 2.75. The van der Waals surface area contributed by atoms with Crippen LogP contribution in [0.5, 0.6) is 0 Å². The van der Waals surface area contributed by atoms with Crippen LogP contribution in [0.3, 0.4) is 0 Å². The van der Waals surface area contributed by atoms with Crippen molar-refractivity contribution >= 4 is 17.5 Å². The molecule has 1 heterocycles. The number of aromatic nitrogens is 1. The summed E-state index contributed by atoms with van der Waals surface area (Å²) >= 11 is 0. The maximum absolute atomic E-state index is 12.9. The Hall–Kier alpha value is -1.99. The molecule has 0 spiro atoms. The summed E-state index contributed by atoms with van der Waals surface area (Å²) in [6, 6.07) is 1.64. The third-order valence-electron chi connectivity index (χ3n) is 2.74. The van der Waals surface area contributed by atoms with Gasteiger partial charge in [-0.1, -0.05) is 0 Å². The number of hydrogen-bond donors (Lipinski definition) is 2. The molecule has 0 aliphatic heterocycles.